The number of aromatic nitrogens is 7. The molecule has 0 radical (unpaired) electrons. The Kier molecular flexibility index (Phi) is 16.4. The molecule has 13 rings (SSSR count). The molecule has 6 atom stereocenters. The normalized spacial score (nSPS) is 23.7. The van der Waals surface area contributed by atoms with Crippen LogP contribution < -0.4 is 30.5 Å². The molecule has 2 aromatic carbocycles. The van der Waals surface area contributed by atoms with Gasteiger partial charge in [-0.25, -0.2) is 15.0 Å². The van der Waals surface area contributed by atoms with Crippen LogP contribution in [0.4, 0.5) is 23.0 Å². The van der Waals surface area contributed by atoms with Crippen molar-refractivity contribution in [1.29, 1.82) is 0 Å². The number of para-hydroxylation sites is 1. The van der Waals surface area contributed by atoms with E-state index in [4.69, 9.17) is 24.7 Å². The largest absolute Gasteiger partial charge is 0.507 e. The van der Waals surface area contributed by atoms with Gasteiger partial charge in [0.25, 0.3) is 0 Å². The summed E-state index contributed by atoms with van der Waals surface area (Å²) in [4.78, 5) is 54.3. The van der Waals surface area contributed by atoms with Crippen LogP contribution in [0.15, 0.2) is 102 Å². The molecular weight excluding hydrogens is 1110 g/mol. The molecular formula is C64H78N14O7S. The smallest absolute Gasteiger partial charge is 0.243 e. The molecule has 2 unspecified atom stereocenters. The number of piperazine rings is 1. The first kappa shape index (κ1) is 57.4. The number of imidazole rings is 1. The van der Waals surface area contributed by atoms with E-state index >= 15 is 0 Å². The number of anilines is 4. The number of hydrogen-bond acceptors (Lipinski definition) is 19. The number of rotatable bonds is 18. The Morgan fingerprint density at radius 1 is 0.826 bits per heavy atom. The molecule has 2 amide bonds. The first-order chi connectivity index (χ1) is 41.7. The van der Waals surface area contributed by atoms with Crippen molar-refractivity contribution in [2.24, 2.45) is 5.92 Å². The Hall–Kier alpha value is -7.66. The van der Waals surface area contributed by atoms with Crippen LogP contribution in [-0.4, -0.2) is 155 Å². The predicted molar refractivity (Wildman–Crippen MR) is 328 cm³/mol. The summed E-state index contributed by atoms with van der Waals surface area (Å²) in [6.07, 6.45) is 13.6. The SMILES string of the molecule is Cc1ncsc1-c1ccc([C@H](C)NC(=O)[C@@H]2C[C@@H](O)CN2C(=O)[C@H](c2cc(N3CCC(n4cnc(CN5CCC(OC6CC(Oc7cc(N8C9CCC8CN(c8cc(-c%10ccccc%10O)nnc8N)C9)ccn7)C6)CC5)c4)CC3)no2)C(C)C)cc1. The van der Waals surface area contributed by atoms with E-state index in [1.165, 1.54) is 4.90 Å². The van der Waals surface area contributed by atoms with Crippen molar-refractivity contribution >= 4 is 46.2 Å². The van der Waals surface area contributed by atoms with Gasteiger partial charge in [-0.3, -0.25) is 14.5 Å². The van der Waals surface area contributed by atoms with Crippen molar-refractivity contribution in [3.05, 3.63) is 120 Å². The quantitative estimate of drug-likeness (QED) is 0.0631. The minimum atomic E-state index is -0.813. The second kappa shape index (κ2) is 24.6. The maximum absolute atomic E-state index is 14.4. The van der Waals surface area contributed by atoms with Gasteiger partial charge in [0.05, 0.1) is 63.8 Å². The molecule has 10 heterocycles. The number of nitrogens with two attached hydrogens (primary N) is 1. The summed E-state index contributed by atoms with van der Waals surface area (Å²) < 4.78 is 21.3. The van der Waals surface area contributed by atoms with E-state index in [-0.39, 0.29) is 60.8 Å². The molecule has 5 aromatic heterocycles. The number of fused-ring (bicyclic) bond motifs is 2. The highest BCUT2D eigenvalue weighted by Crippen LogP contribution is 2.41. The highest BCUT2D eigenvalue weighted by molar-refractivity contribution is 7.13. The van der Waals surface area contributed by atoms with E-state index < -0.39 is 18.1 Å². The molecule has 452 valence electrons. The summed E-state index contributed by atoms with van der Waals surface area (Å²) >= 11 is 1.60. The molecule has 1 saturated carbocycles. The number of pyridine rings is 1. The lowest BCUT2D eigenvalue weighted by Gasteiger charge is -2.43. The lowest BCUT2D eigenvalue weighted by Crippen LogP contribution is -2.54. The number of carbonyl (C=O) groups is 2. The second-order valence-corrected chi connectivity index (χ2v) is 25.7. The number of phenolic OH excluding ortho intramolecular Hbond substituents is 1. The van der Waals surface area contributed by atoms with E-state index in [1.807, 2.05) is 94.3 Å². The highest BCUT2D eigenvalue weighted by atomic mass is 32.1. The van der Waals surface area contributed by atoms with Gasteiger partial charge in [0.15, 0.2) is 17.4 Å². The maximum Gasteiger partial charge on any atom is 0.243 e. The van der Waals surface area contributed by atoms with Gasteiger partial charge in [0.2, 0.25) is 17.7 Å². The zero-order chi connectivity index (χ0) is 59.2. The number of piperidine rings is 2. The number of nitrogens with one attached hydrogen (secondary N) is 1. The molecule has 7 aromatic rings. The number of aromatic hydroxyl groups is 1. The fourth-order valence-electron chi connectivity index (χ4n) is 14.0. The molecule has 5 saturated heterocycles. The van der Waals surface area contributed by atoms with Crippen LogP contribution >= 0.6 is 11.3 Å². The number of aliphatic hydroxyl groups is 1. The minimum absolute atomic E-state index is 0.0737. The lowest BCUT2D eigenvalue weighted by molar-refractivity contribution is -0.141. The van der Waals surface area contributed by atoms with Crippen molar-refractivity contribution in [3.63, 3.8) is 0 Å². The van der Waals surface area contributed by atoms with E-state index in [2.05, 4.69) is 73.1 Å². The monoisotopic (exact) mass is 1190 g/mol. The Morgan fingerprint density at radius 2 is 1.59 bits per heavy atom. The van der Waals surface area contributed by atoms with Crippen LogP contribution in [0.1, 0.15) is 119 Å². The number of thiazole rings is 1. The van der Waals surface area contributed by atoms with Gasteiger partial charge in [0.1, 0.15) is 23.8 Å². The molecule has 22 heteroatoms. The van der Waals surface area contributed by atoms with Gasteiger partial charge in [-0.05, 0) is 93.7 Å². The van der Waals surface area contributed by atoms with Crippen molar-refractivity contribution in [2.45, 2.75) is 153 Å². The third-order valence-corrected chi connectivity index (χ3v) is 19.7. The second-order valence-electron chi connectivity index (χ2n) is 24.9. The van der Waals surface area contributed by atoms with Crippen LogP contribution in [0.25, 0.3) is 21.7 Å². The molecule has 21 nitrogen and oxygen atoms in total. The van der Waals surface area contributed by atoms with Crippen LogP contribution in [0.2, 0.25) is 0 Å². The number of nitrogens with zero attached hydrogens (tertiary/aromatic N) is 12. The summed E-state index contributed by atoms with van der Waals surface area (Å²) in [6.45, 7) is 13.8. The molecule has 1 aliphatic carbocycles. The number of nitrogen functional groups attached to an aromatic ring is 1. The minimum Gasteiger partial charge on any atom is -0.507 e. The maximum atomic E-state index is 14.4. The lowest BCUT2D eigenvalue weighted by atomic mass is 9.91. The fourth-order valence-corrected chi connectivity index (χ4v) is 14.8. The average Bonchev–Trinajstić information content (AvgIpc) is 3.68. The van der Waals surface area contributed by atoms with Gasteiger partial charge < -0.3 is 59.4 Å². The first-order valence-electron chi connectivity index (χ1n) is 30.7. The van der Waals surface area contributed by atoms with Gasteiger partial charge >= 0.3 is 0 Å². The van der Waals surface area contributed by atoms with Crippen LogP contribution in [-0.2, 0) is 20.9 Å². The summed E-state index contributed by atoms with van der Waals surface area (Å²) in [5.41, 5.74) is 15.5. The fraction of sp³-hybridized carbons (Fsp3) is 0.500. The topological polar surface area (TPSA) is 243 Å². The van der Waals surface area contributed by atoms with Crippen molar-refractivity contribution in [2.75, 3.05) is 66.2 Å². The summed E-state index contributed by atoms with van der Waals surface area (Å²) in [6, 6.07) is 23.1. The Morgan fingerprint density at radius 3 is 2.33 bits per heavy atom. The van der Waals surface area contributed by atoms with Gasteiger partial charge in [-0.2, -0.15) is 0 Å². The Bertz CT molecular complexity index is 3480. The van der Waals surface area contributed by atoms with Crippen LogP contribution in [0, 0.1) is 12.8 Å². The number of carbonyl (C=O) groups excluding carboxylic acids is 2. The highest BCUT2D eigenvalue weighted by Gasteiger charge is 2.45. The Balaban J connectivity index is 0.534. The first-order valence-corrected chi connectivity index (χ1v) is 31.6. The van der Waals surface area contributed by atoms with Gasteiger partial charge in [0, 0.05) is 126 Å². The van der Waals surface area contributed by atoms with Crippen LogP contribution in [0.3, 0.4) is 0 Å². The molecule has 5 aliphatic heterocycles. The standard InChI is InChI=1S/C64H78N14O7S/c1-38(2)60(64(82)77-35-48(79)26-55(77)63(81)69-39(3)41-9-11-42(12-10-41)61-40(4)68-37-86-61)57-30-58(72-85-57)74-23-16-44(17-24-74)76-32-43(67-36-76)31-73-21-18-49(19-22-73)83-50-27-51(28-50)84-59-25-45(15-20-66-59)78-46-13-14-47(78)34-75(33-46)54-29-53(70-71-62(54)65)52-7-5-6-8-56(52)80/h5-12,15,20,25,29-30,32,36-39,44,46-51,55,60,79-80H,13-14,16-19,21-24,26-28,31,33-35H2,1-4H3,(H2,65,71)(H,69,81)/t39-,46?,47?,48+,50?,51?,55-,60-/m0/s1. The number of aryl methyl sites for hydroxylation is 1. The number of hydrogen-bond donors (Lipinski definition) is 4. The predicted octanol–water partition coefficient (Wildman–Crippen LogP) is 8.31. The molecule has 86 heavy (non-hydrogen) atoms. The van der Waals surface area contributed by atoms with E-state index in [1.54, 1.807) is 23.5 Å². The Labute approximate surface area is 505 Å². The third kappa shape index (κ3) is 12.1. The number of likely N-dealkylation sites (tertiary alicyclic amines) is 2. The zero-order valence-electron chi connectivity index (χ0n) is 49.4. The van der Waals surface area contributed by atoms with E-state index in [9.17, 15) is 19.8 Å². The number of benzene rings is 2. The number of phenols is 1. The average molecular weight is 1190 g/mol. The zero-order valence-corrected chi connectivity index (χ0v) is 50.2. The van der Waals surface area contributed by atoms with Gasteiger partial charge in [-0.15, -0.1) is 21.5 Å². The number of amides is 2. The van der Waals surface area contributed by atoms with Gasteiger partial charge in [-0.1, -0.05) is 55.4 Å². The van der Waals surface area contributed by atoms with Crippen molar-refractivity contribution in [3.8, 4) is 33.3 Å². The molecule has 5 N–H and O–H groups in total. The number of ether oxygens (including phenoxy) is 2. The molecule has 6 fully saturated rings. The molecule has 2 bridgehead atoms. The number of aliphatic hydroxyl groups excluding tert-OH is 1. The van der Waals surface area contributed by atoms with Crippen LogP contribution in [0.5, 0.6) is 11.6 Å². The molecule has 6 aliphatic rings. The summed E-state index contributed by atoms with van der Waals surface area (Å²) in [5.74, 6) is 1.01. The number of β-amino-alcohol motifs (C(OH)–C–C–N with tert-alkyl or cyclic N) is 1. The van der Waals surface area contributed by atoms with Crippen molar-refractivity contribution < 1.29 is 33.8 Å². The third-order valence-electron chi connectivity index (χ3n) is 18.7. The van der Waals surface area contributed by atoms with Crippen molar-refractivity contribution in [1.82, 2.24) is 50.0 Å². The summed E-state index contributed by atoms with van der Waals surface area (Å²) in [5, 5.41) is 37.5. The summed E-state index contributed by atoms with van der Waals surface area (Å²) in [7, 11) is 0. The molecule has 0 spiro atoms. The van der Waals surface area contributed by atoms with E-state index in [0.29, 0.717) is 52.7 Å². The van der Waals surface area contributed by atoms with E-state index in [0.717, 1.165) is 136 Å².